The number of carbonyl (C=O) groups excluding carboxylic acids is 1. The standard InChI is InChI=1S/C19H20N4O2/c1-19(25,16-8-3-2-4-9-16)13-17(24)21-14-15-7-5-10-20-18(15)23-12-6-11-22-23/h2-12,25H,13-14H2,1H3,(H,21,24). The van der Waals surface area contributed by atoms with Gasteiger partial charge >= 0.3 is 0 Å². The van der Waals surface area contributed by atoms with Crippen LogP contribution in [-0.4, -0.2) is 25.8 Å². The molecule has 3 rings (SSSR count). The maximum Gasteiger partial charge on any atom is 0.223 e. The number of benzene rings is 1. The maximum atomic E-state index is 12.3. The van der Waals surface area contributed by atoms with Gasteiger partial charge in [-0.05, 0) is 24.6 Å². The summed E-state index contributed by atoms with van der Waals surface area (Å²) in [5, 5.41) is 17.6. The van der Waals surface area contributed by atoms with Gasteiger partial charge in [0.05, 0.1) is 12.0 Å². The predicted molar refractivity (Wildman–Crippen MR) is 93.8 cm³/mol. The summed E-state index contributed by atoms with van der Waals surface area (Å²) in [7, 11) is 0. The summed E-state index contributed by atoms with van der Waals surface area (Å²) >= 11 is 0. The van der Waals surface area contributed by atoms with Crippen molar-refractivity contribution >= 4 is 5.91 Å². The molecule has 0 fully saturated rings. The van der Waals surface area contributed by atoms with E-state index in [0.29, 0.717) is 17.9 Å². The van der Waals surface area contributed by atoms with E-state index in [2.05, 4.69) is 15.4 Å². The van der Waals surface area contributed by atoms with Crippen LogP contribution < -0.4 is 5.32 Å². The first-order valence-electron chi connectivity index (χ1n) is 8.05. The molecule has 0 aliphatic heterocycles. The Balaban J connectivity index is 1.66. The van der Waals surface area contributed by atoms with Gasteiger partial charge in [0, 0.05) is 30.7 Å². The summed E-state index contributed by atoms with van der Waals surface area (Å²) in [6.07, 6.45) is 5.14. The molecule has 0 radical (unpaired) electrons. The molecule has 25 heavy (non-hydrogen) atoms. The average molecular weight is 336 g/mol. The Labute approximate surface area is 146 Å². The van der Waals surface area contributed by atoms with Gasteiger partial charge in [-0.1, -0.05) is 36.4 Å². The molecule has 1 amide bonds. The highest BCUT2D eigenvalue weighted by Crippen LogP contribution is 2.24. The molecule has 0 aliphatic carbocycles. The molecule has 6 heteroatoms. The van der Waals surface area contributed by atoms with Gasteiger partial charge in [-0.3, -0.25) is 4.79 Å². The Hall–Kier alpha value is -2.99. The minimum Gasteiger partial charge on any atom is -0.385 e. The lowest BCUT2D eigenvalue weighted by Gasteiger charge is -2.23. The van der Waals surface area contributed by atoms with E-state index in [0.717, 1.165) is 5.56 Å². The normalized spacial score (nSPS) is 13.2. The van der Waals surface area contributed by atoms with Crippen molar-refractivity contribution in [2.75, 3.05) is 0 Å². The second kappa shape index (κ2) is 7.27. The first-order chi connectivity index (χ1) is 12.1. The fraction of sp³-hybridized carbons (Fsp3) is 0.211. The van der Waals surface area contributed by atoms with Crippen LogP contribution >= 0.6 is 0 Å². The highest BCUT2D eigenvalue weighted by Gasteiger charge is 2.26. The van der Waals surface area contributed by atoms with Gasteiger partial charge in [0.1, 0.15) is 0 Å². The number of aromatic nitrogens is 3. The highest BCUT2D eigenvalue weighted by molar-refractivity contribution is 5.77. The first-order valence-corrected chi connectivity index (χ1v) is 8.05. The minimum atomic E-state index is -1.22. The number of nitrogens with one attached hydrogen (secondary N) is 1. The van der Waals surface area contributed by atoms with Crippen molar-refractivity contribution in [2.24, 2.45) is 0 Å². The Morgan fingerprint density at radius 2 is 1.96 bits per heavy atom. The van der Waals surface area contributed by atoms with Crippen LogP contribution in [0.1, 0.15) is 24.5 Å². The van der Waals surface area contributed by atoms with E-state index >= 15 is 0 Å². The van der Waals surface area contributed by atoms with Crippen molar-refractivity contribution in [3.8, 4) is 5.82 Å². The SMILES string of the molecule is CC(O)(CC(=O)NCc1cccnc1-n1cccn1)c1ccccc1. The quantitative estimate of drug-likeness (QED) is 0.723. The Kier molecular flexibility index (Phi) is 4.90. The topological polar surface area (TPSA) is 80.0 Å². The molecule has 1 aromatic carbocycles. The third kappa shape index (κ3) is 4.10. The Morgan fingerprint density at radius 3 is 2.68 bits per heavy atom. The molecule has 1 atom stereocenters. The van der Waals surface area contributed by atoms with Crippen LogP contribution in [0.5, 0.6) is 0 Å². The molecule has 6 nitrogen and oxygen atoms in total. The smallest absolute Gasteiger partial charge is 0.223 e. The molecule has 2 aromatic heterocycles. The van der Waals surface area contributed by atoms with Gasteiger partial charge in [0.25, 0.3) is 0 Å². The molecule has 128 valence electrons. The molecule has 3 aromatic rings. The third-order valence-electron chi connectivity index (χ3n) is 3.97. The van der Waals surface area contributed by atoms with Crippen LogP contribution in [0.25, 0.3) is 5.82 Å². The molecular weight excluding hydrogens is 316 g/mol. The fourth-order valence-corrected chi connectivity index (χ4v) is 2.64. The summed E-state index contributed by atoms with van der Waals surface area (Å²) in [6, 6.07) is 14.7. The molecule has 0 aliphatic rings. The summed E-state index contributed by atoms with van der Waals surface area (Å²) in [5.41, 5.74) is 0.341. The van der Waals surface area contributed by atoms with E-state index in [1.807, 2.05) is 48.5 Å². The number of rotatable bonds is 6. The van der Waals surface area contributed by atoms with Gasteiger partial charge in [-0.2, -0.15) is 5.10 Å². The largest absolute Gasteiger partial charge is 0.385 e. The van der Waals surface area contributed by atoms with E-state index in [1.54, 1.807) is 30.2 Å². The van der Waals surface area contributed by atoms with Crippen molar-refractivity contribution in [1.29, 1.82) is 0 Å². The van der Waals surface area contributed by atoms with E-state index in [4.69, 9.17) is 0 Å². The van der Waals surface area contributed by atoms with Gasteiger partial charge in [0.2, 0.25) is 5.91 Å². The molecular formula is C19H20N4O2. The van der Waals surface area contributed by atoms with E-state index in [-0.39, 0.29) is 12.3 Å². The van der Waals surface area contributed by atoms with Crippen molar-refractivity contribution in [3.63, 3.8) is 0 Å². The number of pyridine rings is 1. The third-order valence-corrected chi connectivity index (χ3v) is 3.97. The Morgan fingerprint density at radius 1 is 1.16 bits per heavy atom. The van der Waals surface area contributed by atoms with Crippen LogP contribution in [-0.2, 0) is 16.9 Å². The monoisotopic (exact) mass is 336 g/mol. The molecule has 0 spiro atoms. The summed E-state index contributed by atoms with van der Waals surface area (Å²) < 4.78 is 1.65. The van der Waals surface area contributed by atoms with E-state index in [1.165, 1.54) is 0 Å². The molecule has 0 saturated carbocycles. The van der Waals surface area contributed by atoms with Gasteiger partial charge in [0.15, 0.2) is 5.82 Å². The van der Waals surface area contributed by atoms with Crippen molar-refractivity contribution in [1.82, 2.24) is 20.1 Å². The second-order valence-electron chi connectivity index (χ2n) is 6.03. The number of nitrogens with zero attached hydrogens (tertiary/aromatic N) is 3. The van der Waals surface area contributed by atoms with Gasteiger partial charge in [-0.15, -0.1) is 0 Å². The van der Waals surface area contributed by atoms with Crippen LogP contribution in [0.2, 0.25) is 0 Å². The lowest BCUT2D eigenvalue weighted by molar-refractivity contribution is -0.126. The van der Waals surface area contributed by atoms with Crippen LogP contribution in [0.4, 0.5) is 0 Å². The number of hydrogen-bond acceptors (Lipinski definition) is 4. The number of hydrogen-bond donors (Lipinski definition) is 2. The van der Waals surface area contributed by atoms with Crippen molar-refractivity contribution in [3.05, 3.63) is 78.2 Å². The summed E-state index contributed by atoms with van der Waals surface area (Å²) in [6.45, 7) is 1.95. The highest BCUT2D eigenvalue weighted by atomic mass is 16.3. The van der Waals surface area contributed by atoms with Gasteiger partial charge < -0.3 is 10.4 Å². The molecule has 0 saturated heterocycles. The first kappa shape index (κ1) is 16.9. The van der Waals surface area contributed by atoms with Crippen LogP contribution in [0.3, 0.4) is 0 Å². The number of aliphatic hydroxyl groups is 1. The van der Waals surface area contributed by atoms with Gasteiger partial charge in [-0.25, -0.2) is 9.67 Å². The lowest BCUT2D eigenvalue weighted by atomic mass is 9.92. The zero-order chi connectivity index (χ0) is 17.7. The average Bonchev–Trinajstić information content (AvgIpc) is 3.15. The summed E-state index contributed by atoms with van der Waals surface area (Å²) in [4.78, 5) is 16.6. The number of amides is 1. The maximum absolute atomic E-state index is 12.3. The molecule has 0 bridgehead atoms. The molecule has 2 heterocycles. The van der Waals surface area contributed by atoms with Crippen LogP contribution in [0.15, 0.2) is 67.1 Å². The number of carbonyl (C=O) groups is 1. The zero-order valence-electron chi connectivity index (χ0n) is 14.0. The zero-order valence-corrected chi connectivity index (χ0v) is 14.0. The van der Waals surface area contributed by atoms with E-state index in [9.17, 15) is 9.90 Å². The summed E-state index contributed by atoms with van der Waals surface area (Å²) in [5.74, 6) is 0.437. The van der Waals surface area contributed by atoms with Crippen molar-refractivity contribution in [2.45, 2.75) is 25.5 Å². The Bertz CT molecular complexity index is 830. The fourth-order valence-electron chi connectivity index (χ4n) is 2.64. The van der Waals surface area contributed by atoms with Crippen molar-refractivity contribution < 1.29 is 9.90 Å². The second-order valence-corrected chi connectivity index (χ2v) is 6.03. The lowest BCUT2D eigenvalue weighted by Crippen LogP contribution is -2.32. The van der Waals surface area contributed by atoms with Crippen LogP contribution in [0, 0.1) is 0 Å². The van der Waals surface area contributed by atoms with E-state index < -0.39 is 5.60 Å². The molecule has 2 N–H and O–H groups in total. The predicted octanol–water partition coefficient (Wildman–Crippen LogP) is 2.18. The molecule has 1 unspecified atom stereocenters. The minimum absolute atomic E-state index is 0.0195.